The molecule has 1 N–H and O–H groups in total. The molecule has 2 nitrogen and oxygen atoms in total. The van der Waals surface area contributed by atoms with E-state index in [1.54, 1.807) is 0 Å². The Hall–Kier alpha value is -0.670. The minimum absolute atomic E-state index is 0.229. The van der Waals surface area contributed by atoms with Crippen LogP contribution in [0.4, 0.5) is 0 Å². The molecule has 0 radical (unpaired) electrons. The molecule has 1 fully saturated rings. The van der Waals surface area contributed by atoms with Gasteiger partial charge in [-0.05, 0) is 44.4 Å². The Morgan fingerprint density at radius 2 is 1.89 bits per heavy atom. The van der Waals surface area contributed by atoms with Gasteiger partial charge in [0.15, 0.2) is 0 Å². The van der Waals surface area contributed by atoms with Gasteiger partial charge in [0, 0.05) is 10.9 Å². The highest BCUT2D eigenvalue weighted by Crippen LogP contribution is 2.40. The quantitative estimate of drug-likeness (QED) is 0.910. The standard InChI is InChI=1S/C15H23NOS/c1-11-5-7-12(8-6-11)18(17)13-9-10-15(2,3)14(13)16-4/h5-8,13-14,16H,9-10H2,1-4H3. The fourth-order valence-electron chi connectivity index (χ4n) is 2.99. The molecular weight excluding hydrogens is 242 g/mol. The van der Waals surface area contributed by atoms with E-state index in [1.807, 2.05) is 31.3 Å². The van der Waals surface area contributed by atoms with Crippen LogP contribution in [0.2, 0.25) is 0 Å². The van der Waals surface area contributed by atoms with Crippen molar-refractivity contribution in [3.05, 3.63) is 29.8 Å². The summed E-state index contributed by atoms with van der Waals surface area (Å²) < 4.78 is 12.7. The average molecular weight is 265 g/mol. The first kappa shape index (κ1) is 13.8. The van der Waals surface area contributed by atoms with E-state index in [1.165, 1.54) is 5.56 Å². The molecule has 0 spiro atoms. The van der Waals surface area contributed by atoms with Crippen LogP contribution in [0.1, 0.15) is 32.3 Å². The fourth-order valence-corrected chi connectivity index (χ4v) is 4.83. The van der Waals surface area contributed by atoms with E-state index in [4.69, 9.17) is 0 Å². The van der Waals surface area contributed by atoms with Crippen LogP contribution >= 0.6 is 0 Å². The van der Waals surface area contributed by atoms with Gasteiger partial charge in [0.1, 0.15) is 0 Å². The van der Waals surface area contributed by atoms with Crippen molar-refractivity contribution in [3.8, 4) is 0 Å². The highest BCUT2D eigenvalue weighted by atomic mass is 32.2. The summed E-state index contributed by atoms with van der Waals surface area (Å²) >= 11 is 0. The molecule has 0 aromatic heterocycles. The second-order valence-electron chi connectivity index (χ2n) is 5.94. The van der Waals surface area contributed by atoms with Crippen molar-refractivity contribution in [3.63, 3.8) is 0 Å². The third-order valence-corrected chi connectivity index (χ3v) is 5.92. The first-order valence-electron chi connectivity index (χ1n) is 6.60. The van der Waals surface area contributed by atoms with Crippen LogP contribution < -0.4 is 5.32 Å². The molecule has 3 heteroatoms. The van der Waals surface area contributed by atoms with Crippen LogP contribution in [-0.4, -0.2) is 22.5 Å². The van der Waals surface area contributed by atoms with Gasteiger partial charge in [-0.3, -0.25) is 4.21 Å². The summed E-state index contributed by atoms with van der Waals surface area (Å²) in [5.41, 5.74) is 1.45. The second-order valence-corrected chi connectivity index (χ2v) is 7.61. The van der Waals surface area contributed by atoms with Crippen LogP contribution in [-0.2, 0) is 10.8 Å². The van der Waals surface area contributed by atoms with Gasteiger partial charge in [-0.1, -0.05) is 31.5 Å². The van der Waals surface area contributed by atoms with E-state index in [0.717, 1.165) is 17.7 Å². The highest BCUT2D eigenvalue weighted by molar-refractivity contribution is 7.85. The zero-order chi connectivity index (χ0) is 13.3. The van der Waals surface area contributed by atoms with Crippen molar-refractivity contribution in [1.29, 1.82) is 0 Å². The molecule has 1 aromatic carbocycles. The van der Waals surface area contributed by atoms with E-state index in [2.05, 4.69) is 26.1 Å². The number of hydrogen-bond donors (Lipinski definition) is 1. The first-order chi connectivity index (χ1) is 8.45. The molecule has 2 rings (SSSR count). The average Bonchev–Trinajstić information content (AvgIpc) is 2.64. The zero-order valence-electron chi connectivity index (χ0n) is 11.7. The molecule has 0 amide bonds. The maximum absolute atomic E-state index is 12.7. The number of aryl methyl sites for hydroxylation is 1. The Kier molecular flexibility index (Phi) is 3.93. The predicted molar refractivity (Wildman–Crippen MR) is 77.2 cm³/mol. The van der Waals surface area contributed by atoms with E-state index >= 15 is 0 Å². The SMILES string of the molecule is CNC1C(S(=O)c2ccc(C)cc2)CCC1(C)C. The first-order valence-corrected chi connectivity index (χ1v) is 7.81. The van der Waals surface area contributed by atoms with E-state index in [-0.39, 0.29) is 10.7 Å². The molecule has 1 saturated carbocycles. The maximum Gasteiger partial charge on any atom is 0.0576 e. The Morgan fingerprint density at radius 3 is 2.44 bits per heavy atom. The zero-order valence-corrected chi connectivity index (χ0v) is 12.5. The monoisotopic (exact) mass is 265 g/mol. The molecule has 100 valence electrons. The summed E-state index contributed by atoms with van der Waals surface area (Å²) in [4.78, 5) is 0.962. The Bertz CT molecular complexity index is 438. The minimum Gasteiger partial charge on any atom is -0.315 e. The van der Waals surface area contributed by atoms with Crippen LogP contribution in [0.25, 0.3) is 0 Å². The number of benzene rings is 1. The summed E-state index contributed by atoms with van der Waals surface area (Å²) in [6.45, 7) is 6.59. The molecule has 1 aliphatic carbocycles. The Balaban J connectivity index is 2.22. The topological polar surface area (TPSA) is 29.1 Å². The van der Waals surface area contributed by atoms with Crippen molar-refractivity contribution in [1.82, 2.24) is 5.32 Å². The van der Waals surface area contributed by atoms with Crippen molar-refractivity contribution >= 4 is 10.8 Å². The smallest absolute Gasteiger partial charge is 0.0576 e. The van der Waals surface area contributed by atoms with Gasteiger partial charge in [-0.15, -0.1) is 0 Å². The van der Waals surface area contributed by atoms with E-state index < -0.39 is 10.8 Å². The van der Waals surface area contributed by atoms with Crippen LogP contribution in [0.3, 0.4) is 0 Å². The summed E-state index contributed by atoms with van der Waals surface area (Å²) in [7, 11) is 1.08. The summed E-state index contributed by atoms with van der Waals surface area (Å²) in [5.74, 6) is 0. The number of hydrogen-bond acceptors (Lipinski definition) is 2. The largest absolute Gasteiger partial charge is 0.315 e. The number of nitrogens with one attached hydrogen (secondary N) is 1. The molecular formula is C15H23NOS. The van der Waals surface area contributed by atoms with Gasteiger partial charge in [0.2, 0.25) is 0 Å². The Morgan fingerprint density at radius 1 is 1.28 bits per heavy atom. The molecule has 0 aliphatic heterocycles. The molecule has 1 aromatic rings. The van der Waals surface area contributed by atoms with Crippen LogP contribution in [0.15, 0.2) is 29.2 Å². The molecule has 0 heterocycles. The predicted octanol–water partition coefficient (Wildman–Crippen LogP) is 2.88. The number of rotatable bonds is 3. The summed E-state index contributed by atoms with van der Waals surface area (Å²) in [6, 6.07) is 8.43. The lowest BCUT2D eigenvalue weighted by Gasteiger charge is -2.30. The van der Waals surface area contributed by atoms with Gasteiger partial charge < -0.3 is 5.32 Å². The third kappa shape index (κ3) is 2.52. The highest BCUT2D eigenvalue weighted by Gasteiger charge is 2.43. The van der Waals surface area contributed by atoms with Crippen molar-refractivity contribution in [2.45, 2.75) is 49.8 Å². The normalized spacial score (nSPS) is 28.2. The van der Waals surface area contributed by atoms with Gasteiger partial charge in [-0.25, -0.2) is 0 Å². The lowest BCUT2D eigenvalue weighted by molar-refractivity contribution is 0.299. The maximum atomic E-state index is 12.7. The van der Waals surface area contributed by atoms with E-state index in [0.29, 0.717) is 6.04 Å². The lowest BCUT2D eigenvalue weighted by atomic mass is 9.87. The van der Waals surface area contributed by atoms with Gasteiger partial charge in [-0.2, -0.15) is 0 Å². The van der Waals surface area contributed by atoms with Crippen molar-refractivity contribution in [2.75, 3.05) is 7.05 Å². The van der Waals surface area contributed by atoms with Gasteiger partial charge in [0.05, 0.1) is 16.0 Å². The molecule has 3 atom stereocenters. The summed E-state index contributed by atoms with van der Waals surface area (Å²) in [6.07, 6.45) is 2.18. The second kappa shape index (κ2) is 5.14. The fraction of sp³-hybridized carbons (Fsp3) is 0.600. The van der Waals surface area contributed by atoms with Crippen LogP contribution in [0.5, 0.6) is 0 Å². The third-order valence-electron chi connectivity index (χ3n) is 4.13. The van der Waals surface area contributed by atoms with Crippen LogP contribution in [0, 0.1) is 12.3 Å². The molecule has 3 unspecified atom stereocenters. The lowest BCUT2D eigenvalue weighted by Crippen LogP contribution is -2.44. The van der Waals surface area contributed by atoms with Crippen molar-refractivity contribution < 1.29 is 4.21 Å². The van der Waals surface area contributed by atoms with Gasteiger partial charge in [0.25, 0.3) is 0 Å². The van der Waals surface area contributed by atoms with E-state index in [9.17, 15) is 4.21 Å². The minimum atomic E-state index is -0.906. The molecule has 0 saturated heterocycles. The van der Waals surface area contributed by atoms with Crippen molar-refractivity contribution in [2.24, 2.45) is 5.41 Å². The molecule has 18 heavy (non-hydrogen) atoms. The molecule has 0 bridgehead atoms. The molecule has 1 aliphatic rings. The Labute approximate surface area is 113 Å². The van der Waals surface area contributed by atoms with Gasteiger partial charge >= 0.3 is 0 Å². The summed E-state index contributed by atoms with van der Waals surface area (Å²) in [5, 5.41) is 3.60.